The van der Waals surface area contributed by atoms with Gasteiger partial charge in [0.05, 0.1) is 104 Å². The van der Waals surface area contributed by atoms with Gasteiger partial charge >= 0.3 is 0 Å². The van der Waals surface area contributed by atoms with E-state index in [9.17, 15) is 0 Å². The van der Waals surface area contributed by atoms with Crippen LogP contribution in [-0.4, -0.2) is 107 Å². The first kappa shape index (κ1) is 56.2. The summed E-state index contributed by atoms with van der Waals surface area (Å²) in [5.74, 6) is 28.6. The van der Waals surface area contributed by atoms with Crippen molar-refractivity contribution in [2.45, 2.75) is 26.2 Å². The van der Waals surface area contributed by atoms with E-state index in [4.69, 9.17) is 37.9 Å². The average Bonchev–Trinajstić information content (AvgIpc) is 3.46. The predicted octanol–water partition coefficient (Wildman–Crippen LogP) is 7.46. The molecule has 16 aliphatic rings. The van der Waals surface area contributed by atoms with Crippen LogP contribution in [0.15, 0.2) is 121 Å². The van der Waals surface area contributed by atoms with Crippen LogP contribution in [0.4, 0.5) is 0 Å². The van der Waals surface area contributed by atoms with E-state index in [1.165, 1.54) is 0 Å². The van der Waals surface area contributed by atoms with E-state index >= 15 is 0 Å². The summed E-state index contributed by atoms with van der Waals surface area (Å²) in [4.78, 5) is 0. The zero-order chi connectivity index (χ0) is 52.8. The van der Waals surface area contributed by atoms with Gasteiger partial charge in [0, 0.05) is 98.9 Å². The fourth-order valence-electron chi connectivity index (χ4n) is 7.72. The SMILES string of the molecule is COc1cc2c(OC)cc1C#Cc1ccc(cc1)CNCCOCCOCCNCc1ccc(cc1)C#Cc1cc(OC)c(cc1OC)C#Cc1ccc(cc1)CNCCOCCOCCNCc1ccc(cc1)C#C2. The molecule has 6 aromatic carbocycles. The maximum atomic E-state index is 5.78. The number of hydrogen-bond donors (Lipinski definition) is 4. The minimum absolute atomic E-state index is 0.538. The molecule has 12 bridgehead atoms. The molecule has 0 spiro atoms. The van der Waals surface area contributed by atoms with Gasteiger partial charge in [0.25, 0.3) is 0 Å². The Labute approximate surface area is 449 Å². The molecule has 0 atom stereocenters. The number of nitrogens with one attached hydrogen (secondary N) is 4. The molecule has 0 unspecified atom stereocenters. The van der Waals surface area contributed by atoms with E-state index in [0.717, 1.165) is 96.9 Å². The number of ether oxygens (including phenoxy) is 8. The third-order valence-electron chi connectivity index (χ3n) is 12.0. The summed E-state index contributed by atoms with van der Waals surface area (Å²) in [7, 11) is 6.54. The van der Waals surface area contributed by atoms with Crippen molar-refractivity contribution in [1.29, 1.82) is 0 Å². The Morgan fingerprint density at radius 2 is 0.500 bits per heavy atom. The molecule has 0 amide bonds. The third kappa shape index (κ3) is 19.0. The summed E-state index contributed by atoms with van der Waals surface area (Å²) in [6.07, 6.45) is 0. The van der Waals surface area contributed by atoms with Crippen LogP contribution in [0, 0.1) is 47.4 Å². The van der Waals surface area contributed by atoms with E-state index in [0.29, 0.717) is 98.1 Å². The van der Waals surface area contributed by atoms with Crippen molar-refractivity contribution in [2.24, 2.45) is 0 Å². The predicted molar refractivity (Wildman–Crippen MR) is 299 cm³/mol. The minimum atomic E-state index is 0.538. The Balaban J connectivity index is 0.914. The van der Waals surface area contributed by atoms with Gasteiger partial charge in [-0.1, -0.05) is 95.9 Å². The van der Waals surface area contributed by atoms with Crippen molar-refractivity contribution >= 4 is 0 Å². The van der Waals surface area contributed by atoms with Crippen LogP contribution in [0.3, 0.4) is 0 Å². The molecule has 6 aromatic rings. The molecule has 22 rings (SSSR count). The number of benzene rings is 6. The molecule has 0 aromatic heterocycles. The van der Waals surface area contributed by atoms with E-state index in [2.05, 4.69) is 117 Å². The Morgan fingerprint density at radius 3 is 0.697 bits per heavy atom. The summed E-state index contributed by atoms with van der Waals surface area (Å²) in [6, 6.07) is 40.3. The molecule has 0 fully saturated rings. The lowest BCUT2D eigenvalue weighted by Gasteiger charge is -2.09. The van der Waals surface area contributed by atoms with Gasteiger partial charge in [-0.3, -0.25) is 0 Å². The highest BCUT2D eigenvalue weighted by Gasteiger charge is 2.11. The lowest BCUT2D eigenvalue weighted by Crippen LogP contribution is -2.22. The molecular formula is C64H68N4O8. The van der Waals surface area contributed by atoms with E-state index < -0.39 is 0 Å². The second-order valence-corrected chi connectivity index (χ2v) is 17.4. The second kappa shape index (κ2) is 32.0. The number of rotatable bonds is 4. The fourth-order valence-corrected chi connectivity index (χ4v) is 7.72. The molecule has 0 saturated carbocycles. The van der Waals surface area contributed by atoms with Crippen molar-refractivity contribution in [3.8, 4) is 70.4 Å². The highest BCUT2D eigenvalue weighted by molar-refractivity contribution is 5.62. The number of methoxy groups -OCH3 is 4. The third-order valence-corrected chi connectivity index (χ3v) is 12.0. The topological polar surface area (TPSA) is 122 Å². The Bertz CT molecular complexity index is 2590. The van der Waals surface area contributed by atoms with Crippen molar-refractivity contribution < 1.29 is 37.9 Å². The summed E-state index contributed by atoms with van der Waals surface area (Å²) in [5.41, 5.74) is 11.1. The summed E-state index contributed by atoms with van der Waals surface area (Å²) in [5, 5.41) is 13.8. The second-order valence-electron chi connectivity index (χ2n) is 17.4. The molecule has 16 heterocycles. The normalized spacial score (nSPS) is 14.9. The van der Waals surface area contributed by atoms with Crippen LogP contribution in [0.1, 0.15) is 66.8 Å². The first-order valence-electron chi connectivity index (χ1n) is 25.6. The molecule has 392 valence electrons. The Kier molecular flexibility index (Phi) is 23.7. The van der Waals surface area contributed by atoms with Crippen LogP contribution >= 0.6 is 0 Å². The Hall–Kier alpha value is -7.56. The standard InChI is InChI=1S/C64H68N4O8/c1-69-61-41-58-26-22-50-7-15-54(16-8-50)46-66-30-34-74-39-40-76-36-32-68-48-56-19-11-52(12-20-56)24-28-60-44-63(71-3)59(43-64(60)72-4)27-23-51-9-17-55(18-10-51)47-67-31-35-75-38-37-73-33-29-65-45-53-13-5-49(6-14-53)21-25-57(61)42-62(58)70-2/h5-20,41-44,65-68H,29-40,45-48H2,1-4H3. The van der Waals surface area contributed by atoms with Gasteiger partial charge in [0.2, 0.25) is 0 Å². The van der Waals surface area contributed by atoms with Crippen molar-refractivity contribution in [3.63, 3.8) is 0 Å². The smallest absolute Gasteiger partial charge is 0.136 e. The summed E-state index contributed by atoms with van der Waals surface area (Å²) in [6.45, 7) is 10.3. The monoisotopic (exact) mass is 1020 g/mol. The number of hydrogen-bond acceptors (Lipinski definition) is 12. The zero-order valence-corrected chi connectivity index (χ0v) is 44.1. The lowest BCUT2D eigenvalue weighted by molar-refractivity contribution is 0.0498. The highest BCUT2D eigenvalue weighted by Crippen LogP contribution is 2.29. The van der Waals surface area contributed by atoms with Gasteiger partial charge in [-0.05, 0) is 70.8 Å². The van der Waals surface area contributed by atoms with Gasteiger partial charge in [-0.25, -0.2) is 0 Å². The van der Waals surface area contributed by atoms with Crippen LogP contribution in [0.25, 0.3) is 0 Å². The van der Waals surface area contributed by atoms with E-state index in [1.807, 2.05) is 72.8 Å². The van der Waals surface area contributed by atoms with Crippen molar-refractivity contribution in [3.05, 3.63) is 188 Å². The van der Waals surface area contributed by atoms with Crippen LogP contribution in [0.5, 0.6) is 23.0 Å². The molecule has 12 nitrogen and oxygen atoms in total. The molecule has 0 saturated heterocycles. The molecule has 12 heteroatoms. The molecule has 4 N–H and O–H groups in total. The summed E-state index contributed by atoms with van der Waals surface area (Å²) < 4.78 is 46.0. The van der Waals surface area contributed by atoms with E-state index in [1.54, 1.807) is 28.4 Å². The van der Waals surface area contributed by atoms with Gasteiger partial charge < -0.3 is 59.2 Å². The maximum Gasteiger partial charge on any atom is 0.136 e. The van der Waals surface area contributed by atoms with E-state index in [-0.39, 0.29) is 0 Å². The van der Waals surface area contributed by atoms with Crippen LogP contribution in [0.2, 0.25) is 0 Å². The first-order chi connectivity index (χ1) is 37.5. The highest BCUT2D eigenvalue weighted by atomic mass is 16.5. The minimum Gasteiger partial charge on any atom is -0.495 e. The maximum absolute atomic E-state index is 5.78. The average molecular weight is 1020 g/mol. The quantitative estimate of drug-likeness (QED) is 0.131. The molecule has 16 aliphatic heterocycles. The Morgan fingerprint density at radius 1 is 0.289 bits per heavy atom. The van der Waals surface area contributed by atoms with Crippen LogP contribution in [-0.2, 0) is 45.1 Å². The zero-order valence-electron chi connectivity index (χ0n) is 44.1. The molecule has 0 radical (unpaired) electrons. The van der Waals surface area contributed by atoms with Gasteiger partial charge in [0.15, 0.2) is 0 Å². The van der Waals surface area contributed by atoms with Crippen molar-refractivity contribution in [1.82, 2.24) is 21.3 Å². The van der Waals surface area contributed by atoms with Crippen molar-refractivity contribution in [2.75, 3.05) is 107 Å². The van der Waals surface area contributed by atoms with Crippen LogP contribution < -0.4 is 40.2 Å². The summed E-state index contributed by atoms with van der Waals surface area (Å²) >= 11 is 0. The molecule has 76 heavy (non-hydrogen) atoms. The van der Waals surface area contributed by atoms with Gasteiger partial charge in [-0.15, -0.1) is 0 Å². The molecular weight excluding hydrogens is 953 g/mol. The lowest BCUT2D eigenvalue weighted by atomic mass is 10.1. The van der Waals surface area contributed by atoms with Gasteiger partial charge in [-0.2, -0.15) is 0 Å². The largest absolute Gasteiger partial charge is 0.495 e. The van der Waals surface area contributed by atoms with Gasteiger partial charge in [0.1, 0.15) is 23.0 Å². The fraction of sp³-hybridized carbons (Fsp3) is 0.312. The first-order valence-corrected chi connectivity index (χ1v) is 25.6. The molecule has 0 aliphatic carbocycles.